The van der Waals surface area contributed by atoms with Crippen molar-refractivity contribution in [3.05, 3.63) is 28.8 Å². The zero-order chi connectivity index (χ0) is 13.1. The highest BCUT2D eigenvalue weighted by atomic mass is 16.5. The molecule has 1 aliphatic rings. The van der Waals surface area contributed by atoms with Gasteiger partial charge < -0.3 is 15.8 Å². The SMILES string of the molecule is COc1ccc(CNC2CCCC2N)c(C)c1C. The van der Waals surface area contributed by atoms with Crippen molar-refractivity contribution in [2.45, 2.75) is 51.7 Å². The molecular weight excluding hydrogens is 224 g/mol. The van der Waals surface area contributed by atoms with E-state index in [0.29, 0.717) is 12.1 Å². The molecule has 1 aromatic carbocycles. The van der Waals surface area contributed by atoms with Crippen molar-refractivity contribution in [3.8, 4) is 5.75 Å². The van der Waals surface area contributed by atoms with Gasteiger partial charge in [0, 0.05) is 18.6 Å². The molecule has 0 bridgehead atoms. The van der Waals surface area contributed by atoms with Crippen LogP contribution < -0.4 is 15.8 Å². The summed E-state index contributed by atoms with van der Waals surface area (Å²) in [5.41, 5.74) is 9.96. The molecule has 18 heavy (non-hydrogen) atoms. The summed E-state index contributed by atoms with van der Waals surface area (Å²) in [4.78, 5) is 0. The summed E-state index contributed by atoms with van der Waals surface area (Å²) in [6.45, 7) is 5.16. The van der Waals surface area contributed by atoms with E-state index in [9.17, 15) is 0 Å². The van der Waals surface area contributed by atoms with Crippen LogP contribution in [0.25, 0.3) is 0 Å². The second-order valence-corrected chi connectivity index (χ2v) is 5.26. The van der Waals surface area contributed by atoms with Gasteiger partial charge >= 0.3 is 0 Å². The Balaban J connectivity index is 2.03. The molecule has 0 amide bonds. The van der Waals surface area contributed by atoms with Crippen LogP contribution in [0.2, 0.25) is 0 Å². The first-order valence-corrected chi connectivity index (χ1v) is 6.75. The highest BCUT2D eigenvalue weighted by Gasteiger charge is 2.23. The summed E-state index contributed by atoms with van der Waals surface area (Å²) in [6.07, 6.45) is 3.60. The summed E-state index contributed by atoms with van der Waals surface area (Å²) in [5.74, 6) is 0.966. The van der Waals surface area contributed by atoms with E-state index in [1.54, 1.807) is 7.11 Å². The number of methoxy groups -OCH3 is 1. The van der Waals surface area contributed by atoms with Gasteiger partial charge in [0.1, 0.15) is 5.75 Å². The molecule has 2 unspecified atom stereocenters. The van der Waals surface area contributed by atoms with Crippen molar-refractivity contribution in [1.82, 2.24) is 5.32 Å². The van der Waals surface area contributed by atoms with Crippen LogP contribution in [0.3, 0.4) is 0 Å². The minimum Gasteiger partial charge on any atom is -0.496 e. The van der Waals surface area contributed by atoms with Crippen LogP contribution in [0.5, 0.6) is 5.75 Å². The third-order valence-corrected chi connectivity index (χ3v) is 4.19. The summed E-state index contributed by atoms with van der Waals surface area (Å²) < 4.78 is 5.34. The summed E-state index contributed by atoms with van der Waals surface area (Å²) in [5, 5.41) is 3.59. The Morgan fingerprint density at radius 2 is 2.06 bits per heavy atom. The number of nitrogens with one attached hydrogen (secondary N) is 1. The molecule has 3 heteroatoms. The molecule has 2 atom stereocenters. The lowest BCUT2D eigenvalue weighted by Crippen LogP contribution is -2.40. The van der Waals surface area contributed by atoms with Crippen LogP contribution >= 0.6 is 0 Å². The fourth-order valence-corrected chi connectivity index (χ4v) is 2.75. The molecule has 1 saturated carbocycles. The van der Waals surface area contributed by atoms with Gasteiger partial charge in [0.15, 0.2) is 0 Å². The molecule has 1 aromatic rings. The predicted octanol–water partition coefficient (Wildman–Crippen LogP) is 2.28. The standard InChI is InChI=1S/C15H24N2O/c1-10-11(2)15(18-3)8-7-12(10)9-17-14-6-4-5-13(14)16/h7-8,13-14,17H,4-6,9,16H2,1-3H3. The number of rotatable bonds is 4. The average molecular weight is 248 g/mol. The van der Waals surface area contributed by atoms with Crippen LogP contribution in [-0.2, 0) is 6.54 Å². The molecule has 0 radical (unpaired) electrons. The minimum absolute atomic E-state index is 0.324. The van der Waals surface area contributed by atoms with Gasteiger partial charge in [-0.25, -0.2) is 0 Å². The maximum atomic E-state index is 6.07. The van der Waals surface area contributed by atoms with E-state index in [2.05, 4.69) is 25.2 Å². The van der Waals surface area contributed by atoms with Crippen molar-refractivity contribution >= 4 is 0 Å². The first-order valence-electron chi connectivity index (χ1n) is 6.75. The lowest BCUT2D eigenvalue weighted by Gasteiger charge is -2.19. The van der Waals surface area contributed by atoms with Crippen LogP contribution in [0.4, 0.5) is 0 Å². The first-order chi connectivity index (χ1) is 8.63. The van der Waals surface area contributed by atoms with Gasteiger partial charge in [0.2, 0.25) is 0 Å². The van der Waals surface area contributed by atoms with E-state index in [1.807, 2.05) is 6.07 Å². The first kappa shape index (κ1) is 13.4. The highest BCUT2D eigenvalue weighted by Crippen LogP contribution is 2.24. The zero-order valence-electron chi connectivity index (χ0n) is 11.6. The largest absolute Gasteiger partial charge is 0.496 e. The van der Waals surface area contributed by atoms with E-state index in [-0.39, 0.29) is 0 Å². The van der Waals surface area contributed by atoms with Gasteiger partial charge in [-0.1, -0.05) is 12.5 Å². The Morgan fingerprint density at radius 3 is 2.67 bits per heavy atom. The molecule has 2 rings (SSSR count). The number of hydrogen-bond acceptors (Lipinski definition) is 3. The summed E-state index contributed by atoms with van der Waals surface area (Å²) in [6, 6.07) is 5.00. The van der Waals surface area contributed by atoms with Crippen molar-refractivity contribution in [2.24, 2.45) is 5.73 Å². The number of hydrogen-bond donors (Lipinski definition) is 2. The van der Waals surface area contributed by atoms with Crippen LogP contribution in [-0.4, -0.2) is 19.2 Å². The second kappa shape index (κ2) is 5.72. The average Bonchev–Trinajstić information content (AvgIpc) is 2.77. The third-order valence-electron chi connectivity index (χ3n) is 4.19. The van der Waals surface area contributed by atoms with E-state index >= 15 is 0 Å². The maximum Gasteiger partial charge on any atom is 0.122 e. The van der Waals surface area contributed by atoms with E-state index in [0.717, 1.165) is 18.7 Å². The lowest BCUT2D eigenvalue weighted by atomic mass is 10.0. The second-order valence-electron chi connectivity index (χ2n) is 5.26. The Kier molecular flexibility index (Phi) is 4.25. The molecule has 0 saturated heterocycles. The molecule has 0 aromatic heterocycles. The smallest absolute Gasteiger partial charge is 0.122 e. The van der Waals surface area contributed by atoms with Crippen LogP contribution in [0.15, 0.2) is 12.1 Å². The van der Waals surface area contributed by atoms with Gasteiger partial charge in [-0.05, 0) is 49.4 Å². The summed E-state index contributed by atoms with van der Waals surface area (Å²) in [7, 11) is 1.72. The van der Waals surface area contributed by atoms with Gasteiger partial charge in [-0.15, -0.1) is 0 Å². The van der Waals surface area contributed by atoms with Crippen molar-refractivity contribution in [3.63, 3.8) is 0 Å². The van der Waals surface area contributed by atoms with Gasteiger partial charge in [0.05, 0.1) is 7.11 Å². The van der Waals surface area contributed by atoms with Gasteiger partial charge in [-0.2, -0.15) is 0 Å². The molecular formula is C15H24N2O. The Morgan fingerprint density at radius 1 is 1.28 bits per heavy atom. The quantitative estimate of drug-likeness (QED) is 0.859. The lowest BCUT2D eigenvalue weighted by molar-refractivity contribution is 0.410. The van der Waals surface area contributed by atoms with Gasteiger partial charge in [0.25, 0.3) is 0 Å². The number of ether oxygens (including phenoxy) is 1. The number of benzene rings is 1. The molecule has 1 aliphatic carbocycles. The van der Waals surface area contributed by atoms with Crippen LogP contribution in [0, 0.1) is 13.8 Å². The van der Waals surface area contributed by atoms with Crippen molar-refractivity contribution in [1.29, 1.82) is 0 Å². The summed E-state index contributed by atoms with van der Waals surface area (Å²) >= 11 is 0. The normalized spacial score (nSPS) is 23.3. The number of nitrogens with two attached hydrogens (primary N) is 1. The maximum absolute atomic E-state index is 6.07. The Bertz CT molecular complexity index is 417. The van der Waals surface area contributed by atoms with Gasteiger partial charge in [-0.3, -0.25) is 0 Å². The fourth-order valence-electron chi connectivity index (χ4n) is 2.75. The molecule has 1 fully saturated rings. The Hall–Kier alpha value is -1.06. The predicted molar refractivity (Wildman–Crippen MR) is 74.9 cm³/mol. The fraction of sp³-hybridized carbons (Fsp3) is 0.600. The van der Waals surface area contributed by atoms with Crippen molar-refractivity contribution in [2.75, 3.05) is 7.11 Å². The van der Waals surface area contributed by atoms with Crippen LogP contribution in [0.1, 0.15) is 36.0 Å². The minimum atomic E-state index is 0.324. The molecule has 100 valence electrons. The van der Waals surface area contributed by atoms with E-state index < -0.39 is 0 Å². The molecule has 3 nitrogen and oxygen atoms in total. The Labute approximate surface area is 110 Å². The molecule has 0 heterocycles. The third kappa shape index (κ3) is 2.68. The highest BCUT2D eigenvalue weighted by molar-refractivity contribution is 5.43. The molecule has 3 N–H and O–H groups in total. The molecule has 0 aliphatic heterocycles. The topological polar surface area (TPSA) is 47.3 Å². The zero-order valence-corrected chi connectivity index (χ0v) is 11.6. The van der Waals surface area contributed by atoms with Crippen molar-refractivity contribution < 1.29 is 4.74 Å². The molecule has 0 spiro atoms. The monoisotopic (exact) mass is 248 g/mol. The van der Waals surface area contributed by atoms with E-state index in [1.165, 1.54) is 29.5 Å². The van der Waals surface area contributed by atoms with E-state index in [4.69, 9.17) is 10.5 Å².